The number of allylic oxidation sites excluding steroid dienone is 3. The molecule has 1 aromatic carbocycles. The molecule has 0 bridgehead atoms. The van der Waals surface area contributed by atoms with E-state index >= 15 is 0 Å². The standard InChI is InChI=1S/C20H22N6O/c1-15-8-9-17-16(14-15)18(27)25(13-7-12-24-10-5-4-6-11-24)20-22-21-19(23(2)3)26(17)20/h4-10,12,14H,11,13H2,1-3H3. The lowest BCUT2D eigenvalue weighted by atomic mass is 10.1. The number of nitrogens with zero attached hydrogens (tertiary/aromatic N) is 6. The molecule has 3 aromatic rings. The van der Waals surface area contributed by atoms with E-state index in [2.05, 4.69) is 21.2 Å². The van der Waals surface area contributed by atoms with E-state index in [9.17, 15) is 4.79 Å². The van der Waals surface area contributed by atoms with Gasteiger partial charge < -0.3 is 9.80 Å². The van der Waals surface area contributed by atoms with Gasteiger partial charge in [-0.1, -0.05) is 23.8 Å². The van der Waals surface area contributed by atoms with Crippen LogP contribution < -0.4 is 10.5 Å². The predicted octanol–water partition coefficient (Wildman–Crippen LogP) is 2.32. The number of fused-ring (bicyclic) bond motifs is 3. The van der Waals surface area contributed by atoms with Crippen molar-refractivity contribution in [1.29, 1.82) is 0 Å². The molecular weight excluding hydrogens is 340 g/mol. The Morgan fingerprint density at radius 3 is 2.81 bits per heavy atom. The number of aromatic nitrogens is 4. The molecule has 0 unspecified atom stereocenters. The molecule has 0 N–H and O–H groups in total. The Balaban J connectivity index is 1.86. The smallest absolute Gasteiger partial charge is 0.263 e. The molecule has 138 valence electrons. The van der Waals surface area contributed by atoms with Crippen molar-refractivity contribution in [3.05, 3.63) is 70.8 Å². The van der Waals surface area contributed by atoms with Gasteiger partial charge in [-0.3, -0.25) is 9.36 Å². The van der Waals surface area contributed by atoms with Gasteiger partial charge in [0.15, 0.2) is 0 Å². The first-order chi connectivity index (χ1) is 13.1. The van der Waals surface area contributed by atoms with Gasteiger partial charge in [0.1, 0.15) is 0 Å². The van der Waals surface area contributed by atoms with E-state index in [4.69, 9.17) is 0 Å². The third-order valence-corrected chi connectivity index (χ3v) is 4.56. The van der Waals surface area contributed by atoms with E-state index < -0.39 is 0 Å². The first-order valence-electron chi connectivity index (χ1n) is 8.87. The van der Waals surface area contributed by atoms with E-state index in [1.807, 2.05) is 79.1 Å². The minimum Gasteiger partial charge on any atom is -0.351 e. The lowest BCUT2D eigenvalue weighted by Gasteiger charge is -2.16. The second kappa shape index (κ2) is 6.75. The molecule has 0 atom stereocenters. The lowest BCUT2D eigenvalue weighted by molar-refractivity contribution is 0.555. The van der Waals surface area contributed by atoms with Crippen molar-refractivity contribution in [3.63, 3.8) is 0 Å². The van der Waals surface area contributed by atoms with Crippen LogP contribution in [0.1, 0.15) is 5.56 Å². The zero-order valence-electron chi connectivity index (χ0n) is 15.7. The van der Waals surface area contributed by atoms with Crippen LogP contribution in [0.4, 0.5) is 5.95 Å². The second-order valence-corrected chi connectivity index (χ2v) is 6.82. The Hall–Kier alpha value is -3.35. The summed E-state index contributed by atoms with van der Waals surface area (Å²) in [6.45, 7) is 3.23. The van der Waals surface area contributed by atoms with Crippen LogP contribution in [0.2, 0.25) is 0 Å². The van der Waals surface area contributed by atoms with E-state index in [-0.39, 0.29) is 5.56 Å². The normalized spacial score (nSPS) is 14.1. The maximum absolute atomic E-state index is 13.2. The Bertz CT molecular complexity index is 1150. The monoisotopic (exact) mass is 362 g/mol. The first-order valence-corrected chi connectivity index (χ1v) is 8.87. The Labute approximate surface area is 157 Å². The fourth-order valence-electron chi connectivity index (χ4n) is 3.25. The van der Waals surface area contributed by atoms with E-state index in [1.165, 1.54) is 0 Å². The van der Waals surface area contributed by atoms with Crippen LogP contribution in [0.5, 0.6) is 0 Å². The van der Waals surface area contributed by atoms with Gasteiger partial charge in [-0.2, -0.15) is 0 Å². The molecule has 0 saturated carbocycles. The average molecular weight is 362 g/mol. The molecule has 1 aliphatic heterocycles. The van der Waals surface area contributed by atoms with Crippen molar-refractivity contribution < 1.29 is 0 Å². The summed E-state index contributed by atoms with van der Waals surface area (Å²) in [6, 6.07) is 5.89. The van der Waals surface area contributed by atoms with Crippen LogP contribution in [0.15, 0.2) is 59.7 Å². The van der Waals surface area contributed by atoms with E-state index in [0.717, 1.165) is 17.6 Å². The van der Waals surface area contributed by atoms with Crippen molar-refractivity contribution in [2.24, 2.45) is 0 Å². The number of benzene rings is 1. The molecule has 7 nitrogen and oxygen atoms in total. The predicted molar refractivity (Wildman–Crippen MR) is 108 cm³/mol. The van der Waals surface area contributed by atoms with E-state index in [1.54, 1.807) is 4.57 Å². The van der Waals surface area contributed by atoms with Gasteiger partial charge in [0.25, 0.3) is 5.56 Å². The molecule has 2 aromatic heterocycles. The summed E-state index contributed by atoms with van der Waals surface area (Å²) in [4.78, 5) is 17.1. The highest BCUT2D eigenvalue weighted by Crippen LogP contribution is 2.19. The minimum absolute atomic E-state index is 0.0577. The molecule has 1 aliphatic rings. The highest BCUT2D eigenvalue weighted by atomic mass is 16.1. The van der Waals surface area contributed by atoms with Crippen molar-refractivity contribution in [3.8, 4) is 0 Å². The van der Waals surface area contributed by atoms with Gasteiger partial charge in [-0.05, 0) is 31.2 Å². The third kappa shape index (κ3) is 3.01. The van der Waals surface area contributed by atoms with Crippen molar-refractivity contribution in [2.75, 3.05) is 25.5 Å². The number of rotatable bonds is 4. The summed E-state index contributed by atoms with van der Waals surface area (Å²) in [5, 5.41) is 9.26. The molecule has 0 radical (unpaired) electrons. The Morgan fingerprint density at radius 1 is 1.22 bits per heavy atom. The maximum Gasteiger partial charge on any atom is 0.263 e. The van der Waals surface area contributed by atoms with Crippen LogP contribution >= 0.6 is 0 Å². The lowest BCUT2D eigenvalue weighted by Crippen LogP contribution is -2.24. The van der Waals surface area contributed by atoms with Gasteiger partial charge in [-0.25, -0.2) is 4.40 Å². The number of aryl methyl sites for hydroxylation is 1. The van der Waals surface area contributed by atoms with Gasteiger partial charge in [-0.15, -0.1) is 10.2 Å². The molecule has 0 spiro atoms. The van der Waals surface area contributed by atoms with Crippen LogP contribution in [-0.2, 0) is 6.54 Å². The Kier molecular flexibility index (Phi) is 4.27. The highest BCUT2D eigenvalue weighted by molar-refractivity contribution is 5.82. The first kappa shape index (κ1) is 17.1. The minimum atomic E-state index is -0.0577. The maximum atomic E-state index is 13.2. The summed E-state index contributed by atoms with van der Waals surface area (Å²) in [7, 11) is 3.84. The van der Waals surface area contributed by atoms with Crippen LogP contribution in [-0.4, -0.2) is 44.7 Å². The molecule has 27 heavy (non-hydrogen) atoms. The zero-order valence-corrected chi connectivity index (χ0v) is 15.7. The van der Waals surface area contributed by atoms with Gasteiger partial charge in [0.05, 0.1) is 10.9 Å². The largest absolute Gasteiger partial charge is 0.351 e. The second-order valence-electron chi connectivity index (χ2n) is 6.82. The molecule has 3 heterocycles. The fourth-order valence-corrected chi connectivity index (χ4v) is 3.25. The number of hydrogen-bond donors (Lipinski definition) is 0. The van der Waals surface area contributed by atoms with Gasteiger partial charge >= 0.3 is 0 Å². The molecule has 0 aliphatic carbocycles. The Morgan fingerprint density at radius 2 is 2.07 bits per heavy atom. The van der Waals surface area contributed by atoms with Crippen LogP contribution in [0, 0.1) is 6.92 Å². The van der Waals surface area contributed by atoms with Crippen LogP contribution in [0.3, 0.4) is 0 Å². The van der Waals surface area contributed by atoms with Crippen molar-refractivity contribution in [1.82, 2.24) is 24.1 Å². The molecule has 0 saturated heterocycles. The molecule has 4 rings (SSSR count). The summed E-state index contributed by atoms with van der Waals surface area (Å²) >= 11 is 0. The SMILES string of the molecule is Cc1ccc2c(c1)c(=O)n(CC=CN1C=CC=CC1)c1nnc(N(C)C)n21. The molecular formula is C20H22N6O. The molecule has 0 amide bonds. The summed E-state index contributed by atoms with van der Waals surface area (Å²) in [5.74, 6) is 1.24. The van der Waals surface area contributed by atoms with Crippen molar-refractivity contribution >= 4 is 22.6 Å². The fraction of sp³-hybridized carbons (Fsp3) is 0.250. The average Bonchev–Trinajstić information content (AvgIpc) is 3.10. The summed E-state index contributed by atoms with van der Waals surface area (Å²) in [6.07, 6.45) is 12.0. The summed E-state index contributed by atoms with van der Waals surface area (Å²) in [5.41, 5.74) is 1.81. The highest BCUT2D eigenvalue weighted by Gasteiger charge is 2.17. The molecule has 0 fully saturated rings. The summed E-state index contributed by atoms with van der Waals surface area (Å²) < 4.78 is 3.61. The topological polar surface area (TPSA) is 58.7 Å². The van der Waals surface area contributed by atoms with Gasteiger partial charge in [0, 0.05) is 39.6 Å². The van der Waals surface area contributed by atoms with Crippen LogP contribution in [0.25, 0.3) is 16.7 Å². The van der Waals surface area contributed by atoms with Crippen molar-refractivity contribution in [2.45, 2.75) is 13.5 Å². The number of hydrogen-bond acceptors (Lipinski definition) is 5. The molecule has 7 heteroatoms. The number of anilines is 1. The van der Waals surface area contributed by atoms with Gasteiger partial charge in [0.2, 0.25) is 11.7 Å². The third-order valence-electron chi connectivity index (χ3n) is 4.56. The zero-order chi connectivity index (χ0) is 19.0. The quantitative estimate of drug-likeness (QED) is 0.713. The van der Waals surface area contributed by atoms with E-state index in [0.29, 0.717) is 23.7 Å².